The lowest BCUT2D eigenvalue weighted by Crippen LogP contribution is -2.06. The zero-order valence-corrected chi connectivity index (χ0v) is 8.58. The van der Waals surface area contributed by atoms with E-state index >= 15 is 0 Å². The van der Waals surface area contributed by atoms with Crippen molar-refractivity contribution in [2.75, 3.05) is 11.1 Å². The lowest BCUT2D eigenvalue weighted by atomic mass is 10.5. The maximum Gasteiger partial charge on any atom is 0.222 e. The van der Waals surface area contributed by atoms with Crippen LogP contribution in [-0.4, -0.2) is 16.0 Å². The number of halogens is 1. The van der Waals surface area contributed by atoms with Gasteiger partial charge in [0.15, 0.2) is 0 Å². The molecule has 0 spiro atoms. The summed E-state index contributed by atoms with van der Waals surface area (Å²) in [5.41, 5.74) is 5.49. The van der Waals surface area contributed by atoms with E-state index < -0.39 is 0 Å². The molecule has 0 atom stereocenters. The number of anilines is 2. The number of hydrogen-bond donors (Lipinski definition) is 2. The van der Waals surface area contributed by atoms with Gasteiger partial charge in [0.1, 0.15) is 9.52 Å². The molecule has 0 radical (unpaired) electrons. The molecule has 0 amide bonds. The van der Waals surface area contributed by atoms with E-state index in [1.807, 2.05) is 6.07 Å². The predicted molar refractivity (Wildman–Crippen MR) is 55.8 cm³/mol. The largest absolute Gasteiger partial charge is 0.368 e. The van der Waals surface area contributed by atoms with E-state index in [2.05, 4.69) is 37.9 Å². The first-order valence-corrected chi connectivity index (χ1v) is 4.88. The molecule has 0 aromatic carbocycles. The normalized spacial score (nSPS) is 16.1. The molecular formula is C7H9IN4. The quantitative estimate of drug-likeness (QED) is 0.630. The molecule has 1 aliphatic carbocycles. The number of nitrogens with zero attached hydrogens (tertiary/aromatic N) is 2. The zero-order chi connectivity index (χ0) is 8.55. The molecule has 1 aromatic heterocycles. The number of nitrogens with one attached hydrogen (secondary N) is 1. The predicted octanol–water partition coefficient (Wildman–Crippen LogP) is 1.24. The molecule has 1 heterocycles. The van der Waals surface area contributed by atoms with E-state index in [0.29, 0.717) is 12.0 Å². The van der Waals surface area contributed by atoms with Gasteiger partial charge in [0, 0.05) is 12.1 Å². The first kappa shape index (κ1) is 8.03. The topological polar surface area (TPSA) is 63.8 Å². The number of nitrogen functional groups attached to an aromatic ring is 1. The minimum Gasteiger partial charge on any atom is -0.368 e. The van der Waals surface area contributed by atoms with Crippen LogP contribution in [0.25, 0.3) is 0 Å². The summed E-state index contributed by atoms with van der Waals surface area (Å²) in [6.07, 6.45) is 2.47. The Morgan fingerprint density at radius 2 is 2.25 bits per heavy atom. The van der Waals surface area contributed by atoms with E-state index in [-0.39, 0.29) is 0 Å². The second kappa shape index (κ2) is 3.04. The third kappa shape index (κ3) is 1.96. The molecule has 1 aliphatic rings. The SMILES string of the molecule is Nc1nc(I)cc(NC2CC2)n1. The summed E-state index contributed by atoms with van der Waals surface area (Å²) in [7, 11) is 0. The van der Waals surface area contributed by atoms with Gasteiger partial charge < -0.3 is 11.1 Å². The number of aromatic nitrogens is 2. The van der Waals surface area contributed by atoms with Crippen LogP contribution in [0.2, 0.25) is 0 Å². The molecule has 5 heteroatoms. The van der Waals surface area contributed by atoms with Gasteiger partial charge in [-0.2, -0.15) is 4.98 Å². The monoisotopic (exact) mass is 276 g/mol. The molecule has 4 nitrogen and oxygen atoms in total. The van der Waals surface area contributed by atoms with Crippen LogP contribution >= 0.6 is 22.6 Å². The van der Waals surface area contributed by atoms with Crippen LogP contribution in [-0.2, 0) is 0 Å². The summed E-state index contributed by atoms with van der Waals surface area (Å²) in [5, 5.41) is 3.26. The highest BCUT2D eigenvalue weighted by Crippen LogP contribution is 2.24. The molecule has 2 rings (SSSR count). The first-order chi connectivity index (χ1) is 5.74. The van der Waals surface area contributed by atoms with Crippen LogP contribution < -0.4 is 11.1 Å². The Hall–Kier alpha value is -0.590. The average Bonchev–Trinajstić information content (AvgIpc) is 2.68. The highest BCUT2D eigenvalue weighted by molar-refractivity contribution is 14.1. The lowest BCUT2D eigenvalue weighted by molar-refractivity contribution is 1.08. The molecule has 1 aromatic rings. The maximum absolute atomic E-state index is 5.49. The van der Waals surface area contributed by atoms with Crippen molar-refractivity contribution >= 4 is 34.4 Å². The van der Waals surface area contributed by atoms with Crippen LogP contribution in [0.1, 0.15) is 12.8 Å². The Balaban J connectivity index is 2.18. The van der Waals surface area contributed by atoms with E-state index in [1.165, 1.54) is 12.8 Å². The molecule has 64 valence electrons. The van der Waals surface area contributed by atoms with Crippen molar-refractivity contribution in [2.24, 2.45) is 0 Å². The van der Waals surface area contributed by atoms with Gasteiger partial charge in [0.25, 0.3) is 0 Å². The molecule has 0 aliphatic heterocycles. The number of hydrogen-bond acceptors (Lipinski definition) is 4. The van der Waals surface area contributed by atoms with E-state index in [0.717, 1.165) is 9.52 Å². The molecule has 0 saturated heterocycles. The summed E-state index contributed by atoms with van der Waals surface area (Å²) in [4.78, 5) is 8.04. The Kier molecular flexibility index (Phi) is 2.03. The molecule has 1 fully saturated rings. The molecule has 0 bridgehead atoms. The van der Waals surface area contributed by atoms with Gasteiger partial charge >= 0.3 is 0 Å². The van der Waals surface area contributed by atoms with Crippen LogP contribution in [0.3, 0.4) is 0 Å². The number of nitrogens with two attached hydrogens (primary N) is 1. The highest BCUT2D eigenvalue weighted by Gasteiger charge is 2.21. The standard InChI is InChI=1S/C7H9IN4/c8-5-3-6(10-4-1-2-4)12-7(9)11-5/h3-4H,1-2H2,(H3,9,10,11,12). The van der Waals surface area contributed by atoms with E-state index in [9.17, 15) is 0 Å². The van der Waals surface area contributed by atoms with Crippen LogP contribution in [0, 0.1) is 3.70 Å². The van der Waals surface area contributed by atoms with Gasteiger partial charge in [0.2, 0.25) is 5.95 Å². The van der Waals surface area contributed by atoms with Crippen molar-refractivity contribution in [3.05, 3.63) is 9.77 Å². The Bertz CT molecular complexity index is 277. The van der Waals surface area contributed by atoms with Crippen molar-refractivity contribution in [3.8, 4) is 0 Å². The fourth-order valence-electron chi connectivity index (χ4n) is 0.946. The third-order valence-corrected chi connectivity index (χ3v) is 2.19. The smallest absolute Gasteiger partial charge is 0.222 e. The summed E-state index contributed by atoms with van der Waals surface area (Å²) >= 11 is 2.13. The van der Waals surface area contributed by atoms with Crippen LogP contribution in [0.5, 0.6) is 0 Å². The van der Waals surface area contributed by atoms with Gasteiger partial charge in [-0.25, -0.2) is 4.98 Å². The first-order valence-electron chi connectivity index (χ1n) is 3.80. The molecular weight excluding hydrogens is 267 g/mol. The zero-order valence-electron chi connectivity index (χ0n) is 6.42. The summed E-state index contributed by atoms with van der Waals surface area (Å²) in [6, 6.07) is 2.50. The van der Waals surface area contributed by atoms with Crippen LogP contribution in [0.15, 0.2) is 6.07 Å². The van der Waals surface area contributed by atoms with Crippen molar-refractivity contribution in [2.45, 2.75) is 18.9 Å². The number of rotatable bonds is 2. The Morgan fingerprint density at radius 1 is 1.50 bits per heavy atom. The Morgan fingerprint density at radius 3 is 2.83 bits per heavy atom. The average molecular weight is 276 g/mol. The summed E-state index contributed by atoms with van der Waals surface area (Å²) in [6.45, 7) is 0. The minimum atomic E-state index is 0.338. The Labute approximate surface area is 84.1 Å². The van der Waals surface area contributed by atoms with Crippen LogP contribution in [0.4, 0.5) is 11.8 Å². The highest BCUT2D eigenvalue weighted by atomic mass is 127. The van der Waals surface area contributed by atoms with Crippen molar-refractivity contribution in [1.29, 1.82) is 0 Å². The lowest BCUT2D eigenvalue weighted by Gasteiger charge is -2.03. The van der Waals surface area contributed by atoms with Gasteiger partial charge in [0.05, 0.1) is 0 Å². The van der Waals surface area contributed by atoms with Crippen molar-refractivity contribution in [1.82, 2.24) is 9.97 Å². The van der Waals surface area contributed by atoms with E-state index in [4.69, 9.17) is 5.73 Å². The summed E-state index contributed by atoms with van der Waals surface area (Å²) in [5.74, 6) is 1.18. The van der Waals surface area contributed by atoms with Gasteiger partial charge in [-0.3, -0.25) is 0 Å². The second-order valence-electron chi connectivity index (χ2n) is 2.85. The fourth-order valence-corrected chi connectivity index (χ4v) is 1.49. The van der Waals surface area contributed by atoms with Gasteiger partial charge in [-0.05, 0) is 35.4 Å². The van der Waals surface area contributed by atoms with E-state index in [1.54, 1.807) is 0 Å². The molecule has 12 heavy (non-hydrogen) atoms. The molecule has 0 unspecified atom stereocenters. The summed E-state index contributed by atoms with van der Waals surface area (Å²) < 4.78 is 0.878. The second-order valence-corrected chi connectivity index (χ2v) is 3.96. The van der Waals surface area contributed by atoms with Crippen molar-refractivity contribution in [3.63, 3.8) is 0 Å². The minimum absolute atomic E-state index is 0.338. The van der Waals surface area contributed by atoms with Crippen molar-refractivity contribution < 1.29 is 0 Å². The van der Waals surface area contributed by atoms with Gasteiger partial charge in [-0.1, -0.05) is 0 Å². The fraction of sp³-hybridized carbons (Fsp3) is 0.429. The maximum atomic E-state index is 5.49. The van der Waals surface area contributed by atoms with Gasteiger partial charge in [-0.15, -0.1) is 0 Å². The molecule has 1 saturated carbocycles. The third-order valence-electron chi connectivity index (χ3n) is 1.64. The molecule has 3 N–H and O–H groups in total.